The molecule has 0 saturated heterocycles. The summed E-state index contributed by atoms with van der Waals surface area (Å²) >= 11 is 0. The van der Waals surface area contributed by atoms with Crippen molar-refractivity contribution in [2.75, 3.05) is 13.2 Å². The minimum absolute atomic E-state index is 0.0442. The molecule has 1 atom stereocenters. The summed E-state index contributed by atoms with van der Waals surface area (Å²) in [6.45, 7) is 7.19. The highest BCUT2D eigenvalue weighted by atomic mass is 16.6. The fourth-order valence-electron chi connectivity index (χ4n) is 1.19. The van der Waals surface area contributed by atoms with E-state index in [1.54, 1.807) is 20.8 Å². The van der Waals surface area contributed by atoms with Crippen LogP contribution in [0.2, 0.25) is 0 Å². The number of hydrogen-bond acceptors (Lipinski definition) is 5. The molecule has 0 fully saturated rings. The molecule has 1 rings (SSSR count). The predicted octanol–water partition coefficient (Wildman–Crippen LogP) is 0.897. The van der Waals surface area contributed by atoms with Gasteiger partial charge in [-0.3, -0.25) is 4.79 Å². The van der Waals surface area contributed by atoms with E-state index in [1.165, 1.54) is 6.92 Å². The van der Waals surface area contributed by atoms with E-state index >= 15 is 0 Å². The molecule has 6 heteroatoms. The summed E-state index contributed by atoms with van der Waals surface area (Å²) in [5, 5.41) is 2.51. The number of ether oxygens (including phenoxy) is 2. The van der Waals surface area contributed by atoms with Crippen molar-refractivity contribution in [1.82, 2.24) is 5.32 Å². The highest BCUT2D eigenvalue weighted by Crippen LogP contribution is 2.07. The van der Waals surface area contributed by atoms with E-state index in [0.717, 1.165) is 0 Å². The first-order chi connectivity index (χ1) is 7.78. The van der Waals surface area contributed by atoms with Gasteiger partial charge in [-0.25, -0.2) is 9.79 Å². The summed E-state index contributed by atoms with van der Waals surface area (Å²) in [5.41, 5.74) is -0.537. The molecule has 1 aliphatic rings. The van der Waals surface area contributed by atoms with Crippen molar-refractivity contribution in [3.05, 3.63) is 0 Å². The maximum Gasteiger partial charge on any atom is 0.408 e. The molecule has 0 aromatic carbocycles. The van der Waals surface area contributed by atoms with Crippen LogP contribution in [0.4, 0.5) is 4.79 Å². The third-order valence-corrected chi connectivity index (χ3v) is 1.96. The van der Waals surface area contributed by atoms with Crippen LogP contribution in [0.1, 0.15) is 27.7 Å². The first-order valence-electron chi connectivity index (χ1n) is 5.45. The topological polar surface area (TPSA) is 77.0 Å². The van der Waals surface area contributed by atoms with E-state index < -0.39 is 17.7 Å². The molecule has 0 bridgehead atoms. The van der Waals surface area contributed by atoms with Crippen LogP contribution in [-0.4, -0.2) is 42.6 Å². The van der Waals surface area contributed by atoms with Crippen molar-refractivity contribution in [2.24, 2.45) is 4.99 Å². The Morgan fingerprint density at radius 1 is 1.53 bits per heavy atom. The molecule has 0 saturated carbocycles. The largest absolute Gasteiger partial charge is 0.477 e. The average molecular weight is 242 g/mol. The van der Waals surface area contributed by atoms with Gasteiger partial charge in [0.25, 0.3) is 0 Å². The molecule has 6 nitrogen and oxygen atoms in total. The predicted molar refractivity (Wildman–Crippen MR) is 62.1 cm³/mol. The molecular formula is C11H18N2O4. The summed E-state index contributed by atoms with van der Waals surface area (Å²) in [7, 11) is 0. The number of aliphatic imine (C=N–C) groups is 1. The first-order valence-corrected chi connectivity index (χ1v) is 5.45. The van der Waals surface area contributed by atoms with E-state index in [0.29, 0.717) is 5.90 Å². The zero-order valence-electron chi connectivity index (χ0n) is 10.6. The Morgan fingerprint density at radius 2 is 2.18 bits per heavy atom. The van der Waals surface area contributed by atoms with Crippen molar-refractivity contribution < 1.29 is 19.1 Å². The van der Waals surface area contributed by atoms with Crippen LogP contribution in [0.3, 0.4) is 0 Å². The first kappa shape index (κ1) is 13.5. The summed E-state index contributed by atoms with van der Waals surface area (Å²) in [4.78, 5) is 26.4. The molecule has 1 unspecified atom stereocenters. The van der Waals surface area contributed by atoms with Gasteiger partial charge in [-0.05, 0) is 27.7 Å². The maximum absolute atomic E-state index is 11.3. The van der Waals surface area contributed by atoms with Gasteiger partial charge in [0.15, 0.2) is 5.78 Å². The quantitative estimate of drug-likeness (QED) is 0.797. The zero-order chi connectivity index (χ0) is 13.1. The van der Waals surface area contributed by atoms with Gasteiger partial charge >= 0.3 is 6.09 Å². The molecule has 96 valence electrons. The molecule has 0 aliphatic carbocycles. The number of amides is 1. The van der Waals surface area contributed by atoms with Gasteiger partial charge in [-0.2, -0.15) is 0 Å². The molecular weight excluding hydrogens is 224 g/mol. The van der Waals surface area contributed by atoms with E-state index in [1.807, 2.05) is 0 Å². The number of nitrogens with zero attached hydrogens (tertiary/aromatic N) is 1. The molecule has 1 aliphatic heterocycles. The van der Waals surface area contributed by atoms with Gasteiger partial charge in [-0.1, -0.05) is 0 Å². The van der Waals surface area contributed by atoms with Crippen LogP contribution < -0.4 is 5.32 Å². The second kappa shape index (κ2) is 5.16. The fraction of sp³-hybridized carbons (Fsp3) is 0.727. The van der Waals surface area contributed by atoms with Crippen molar-refractivity contribution in [3.63, 3.8) is 0 Å². The molecule has 1 N–H and O–H groups in total. The van der Waals surface area contributed by atoms with Crippen molar-refractivity contribution in [1.29, 1.82) is 0 Å². The van der Waals surface area contributed by atoms with Gasteiger partial charge in [0.2, 0.25) is 5.90 Å². The van der Waals surface area contributed by atoms with Crippen molar-refractivity contribution in [3.8, 4) is 0 Å². The Morgan fingerprint density at radius 3 is 2.65 bits per heavy atom. The zero-order valence-corrected chi connectivity index (χ0v) is 10.6. The molecule has 17 heavy (non-hydrogen) atoms. The monoisotopic (exact) mass is 242 g/mol. The van der Waals surface area contributed by atoms with Gasteiger partial charge in [0.05, 0.1) is 6.54 Å². The minimum atomic E-state index is -0.537. The Hall–Kier alpha value is -1.59. The molecule has 1 heterocycles. The lowest BCUT2D eigenvalue weighted by atomic mass is 10.2. The smallest absolute Gasteiger partial charge is 0.408 e. The van der Waals surface area contributed by atoms with Gasteiger partial charge in [-0.15, -0.1) is 0 Å². The van der Waals surface area contributed by atoms with Gasteiger partial charge < -0.3 is 14.8 Å². The number of alkyl carbamates (subject to hydrolysis) is 1. The fourth-order valence-corrected chi connectivity index (χ4v) is 1.19. The second-order valence-corrected chi connectivity index (χ2v) is 4.82. The highest BCUT2D eigenvalue weighted by Gasteiger charge is 2.23. The molecule has 0 spiro atoms. The van der Waals surface area contributed by atoms with Crippen molar-refractivity contribution >= 4 is 17.8 Å². The summed E-state index contributed by atoms with van der Waals surface area (Å²) in [6, 6.07) is -0.439. The summed E-state index contributed by atoms with van der Waals surface area (Å²) in [5.74, 6) is 0.313. The number of Topliss-reactive ketones (excluding diaryl/α,β-unsaturated/α-hetero) is 1. The van der Waals surface area contributed by atoms with Crippen LogP contribution in [0, 0.1) is 0 Å². The third-order valence-electron chi connectivity index (χ3n) is 1.96. The second-order valence-electron chi connectivity index (χ2n) is 4.82. The number of nitrogens with one attached hydrogen (secondary N) is 1. The highest BCUT2D eigenvalue weighted by molar-refractivity contribution is 5.90. The maximum atomic E-state index is 11.3. The average Bonchev–Trinajstić information content (AvgIpc) is 2.60. The Balaban J connectivity index is 2.35. The van der Waals surface area contributed by atoms with Crippen LogP contribution in [0.15, 0.2) is 4.99 Å². The Kier molecular flexibility index (Phi) is 4.09. The van der Waals surface area contributed by atoms with Crippen LogP contribution >= 0.6 is 0 Å². The summed E-state index contributed by atoms with van der Waals surface area (Å²) < 4.78 is 10.2. The lowest BCUT2D eigenvalue weighted by Gasteiger charge is -2.19. The van der Waals surface area contributed by atoms with E-state index in [9.17, 15) is 9.59 Å². The lowest BCUT2D eigenvalue weighted by molar-refractivity contribution is -0.118. The van der Waals surface area contributed by atoms with Crippen LogP contribution in [-0.2, 0) is 14.3 Å². The van der Waals surface area contributed by atoms with E-state index in [2.05, 4.69) is 10.3 Å². The number of carbonyl (C=O) groups excluding carboxylic acids is 2. The number of carbonyl (C=O) groups is 2. The SMILES string of the molecule is CC(=O)C1COC(CNC(=O)OC(C)(C)C)=N1. The molecule has 0 aromatic heterocycles. The summed E-state index contributed by atoms with van der Waals surface area (Å²) in [6.07, 6.45) is -0.532. The number of rotatable bonds is 3. The van der Waals surface area contributed by atoms with Gasteiger partial charge in [0.1, 0.15) is 18.2 Å². The number of ketones is 1. The Bertz CT molecular complexity index is 344. The van der Waals surface area contributed by atoms with Gasteiger partial charge in [0, 0.05) is 0 Å². The van der Waals surface area contributed by atoms with Crippen LogP contribution in [0.5, 0.6) is 0 Å². The van der Waals surface area contributed by atoms with Crippen LogP contribution in [0.25, 0.3) is 0 Å². The normalized spacial score (nSPS) is 19.3. The Labute approximate surface area is 100 Å². The number of hydrogen-bond donors (Lipinski definition) is 1. The van der Waals surface area contributed by atoms with E-state index in [-0.39, 0.29) is 18.9 Å². The van der Waals surface area contributed by atoms with Crippen molar-refractivity contribution in [2.45, 2.75) is 39.3 Å². The minimum Gasteiger partial charge on any atom is -0.477 e. The molecule has 0 aromatic rings. The third kappa shape index (κ3) is 4.84. The van der Waals surface area contributed by atoms with E-state index in [4.69, 9.17) is 9.47 Å². The standard InChI is InChI=1S/C11H18N2O4/c1-7(14)8-6-16-9(13-8)5-12-10(15)17-11(2,3)4/h8H,5-6H2,1-4H3,(H,12,15). The molecule has 0 radical (unpaired) electrons. The lowest BCUT2D eigenvalue weighted by Crippen LogP contribution is -2.35. The molecule has 1 amide bonds.